The van der Waals surface area contributed by atoms with Gasteiger partial charge in [0.2, 0.25) is 5.88 Å². The first-order chi connectivity index (χ1) is 17.2. The highest BCUT2D eigenvalue weighted by molar-refractivity contribution is 5.89. The van der Waals surface area contributed by atoms with Crippen molar-refractivity contribution < 1.29 is 14.2 Å². The van der Waals surface area contributed by atoms with E-state index in [1.807, 2.05) is 42.5 Å². The summed E-state index contributed by atoms with van der Waals surface area (Å²) in [6.07, 6.45) is 3.42. The molecule has 2 aromatic heterocycles. The summed E-state index contributed by atoms with van der Waals surface area (Å²) in [4.78, 5) is 15.8. The largest absolute Gasteiger partial charge is 0.497 e. The highest BCUT2D eigenvalue weighted by atomic mass is 16.5. The Labute approximate surface area is 202 Å². The summed E-state index contributed by atoms with van der Waals surface area (Å²) in [5.74, 6) is 2.05. The van der Waals surface area contributed by atoms with Crippen LogP contribution in [0.15, 0.2) is 60.9 Å². The van der Waals surface area contributed by atoms with Crippen LogP contribution in [-0.4, -0.2) is 48.4 Å². The minimum absolute atomic E-state index is 0.400. The maximum Gasteiger partial charge on any atom is 0.213 e. The van der Waals surface area contributed by atoms with Gasteiger partial charge < -0.3 is 24.4 Å². The Bertz CT molecular complexity index is 1350. The van der Waals surface area contributed by atoms with E-state index in [0.717, 1.165) is 35.9 Å². The van der Waals surface area contributed by atoms with Crippen LogP contribution in [0.1, 0.15) is 11.1 Å². The Balaban J connectivity index is 1.31. The lowest BCUT2D eigenvalue weighted by Crippen LogP contribution is -2.36. The van der Waals surface area contributed by atoms with Crippen LogP contribution in [0.4, 0.5) is 17.2 Å². The number of rotatable bonds is 7. The molecule has 1 aliphatic heterocycles. The van der Waals surface area contributed by atoms with Crippen LogP contribution < -0.4 is 19.7 Å². The van der Waals surface area contributed by atoms with Crippen molar-refractivity contribution >= 4 is 28.2 Å². The number of hydrogen-bond donors (Lipinski definition) is 1. The number of benzene rings is 2. The van der Waals surface area contributed by atoms with Gasteiger partial charge in [-0.05, 0) is 35.9 Å². The van der Waals surface area contributed by atoms with Gasteiger partial charge in [-0.2, -0.15) is 5.26 Å². The maximum atomic E-state index is 9.92. The number of hydrogen-bond acceptors (Lipinski definition) is 9. The summed E-state index contributed by atoms with van der Waals surface area (Å²) < 4.78 is 16.4. The van der Waals surface area contributed by atoms with Gasteiger partial charge in [-0.3, -0.25) is 4.98 Å². The summed E-state index contributed by atoms with van der Waals surface area (Å²) in [6.45, 7) is 3.20. The molecule has 176 valence electrons. The van der Waals surface area contributed by atoms with Crippen molar-refractivity contribution in [2.45, 2.75) is 6.61 Å². The Kier molecular flexibility index (Phi) is 6.55. The topological polar surface area (TPSA) is 105 Å². The molecule has 4 aromatic rings. The van der Waals surface area contributed by atoms with Gasteiger partial charge >= 0.3 is 0 Å². The van der Waals surface area contributed by atoms with Crippen LogP contribution in [0.5, 0.6) is 11.6 Å². The van der Waals surface area contributed by atoms with Gasteiger partial charge in [0.1, 0.15) is 35.3 Å². The van der Waals surface area contributed by atoms with Crippen molar-refractivity contribution in [3.63, 3.8) is 0 Å². The zero-order valence-electron chi connectivity index (χ0n) is 19.3. The second kappa shape index (κ2) is 10.2. The van der Waals surface area contributed by atoms with Crippen molar-refractivity contribution in [3.8, 4) is 17.7 Å². The molecule has 3 heterocycles. The molecule has 35 heavy (non-hydrogen) atoms. The van der Waals surface area contributed by atoms with E-state index >= 15 is 0 Å². The van der Waals surface area contributed by atoms with Crippen molar-refractivity contribution in [1.29, 1.82) is 5.26 Å². The third kappa shape index (κ3) is 5.08. The summed E-state index contributed by atoms with van der Waals surface area (Å²) in [7, 11) is 1.64. The third-order valence-corrected chi connectivity index (χ3v) is 5.71. The molecule has 1 aliphatic rings. The molecule has 1 fully saturated rings. The van der Waals surface area contributed by atoms with Crippen LogP contribution in [0.3, 0.4) is 0 Å². The standard InChI is InChI=1S/C26H24N6O3/c1-33-20-5-2-18(3-6-20)17-35-25-9-4-19(15-29-25)30-22-7-8-23-26(21(22)14-27)31-24(16-28-23)32-10-12-34-13-11-32/h2-9,15-16,30H,10-13,17H2,1H3. The summed E-state index contributed by atoms with van der Waals surface area (Å²) in [6, 6.07) is 17.3. The molecule has 0 aliphatic carbocycles. The van der Waals surface area contributed by atoms with Crippen molar-refractivity contribution in [2.24, 2.45) is 0 Å². The van der Waals surface area contributed by atoms with Gasteiger partial charge in [-0.1, -0.05) is 12.1 Å². The van der Waals surface area contributed by atoms with E-state index in [1.54, 1.807) is 25.6 Å². The van der Waals surface area contributed by atoms with Gasteiger partial charge in [0, 0.05) is 19.2 Å². The summed E-state index contributed by atoms with van der Waals surface area (Å²) in [5.41, 5.74) is 4.06. The van der Waals surface area contributed by atoms with Gasteiger partial charge in [0.15, 0.2) is 0 Å². The fourth-order valence-electron chi connectivity index (χ4n) is 3.80. The number of fused-ring (bicyclic) bond motifs is 1. The minimum atomic E-state index is 0.400. The van der Waals surface area contributed by atoms with E-state index in [1.165, 1.54) is 0 Å². The minimum Gasteiger partial charge on any atom is -0.497 e. The van der Waals surface area contributed by atoms with Crippen molar-refractivity contribution in [3.05, 3.63) is 72.1 Å². The number of nitrogens with one attached hydrogen (secondary N) is 1. The average molecular weight is 469 g/mol. The summed E-state index contributed by atoms with van der Waals surface area (Å²) >= 11 is 0. The van der Waals surface area contributed by atoms with E-state index in [9.17, 15) is 5.26 Å². The van der Waals surface area contributed by atoms with Crippen LogP contribution >= 0.6 is 0 Å². The number of ether oxygens (including phenoxy) is 3. The zero-order chi connectivity index (χ0) is 24.0. The Morgan fingerprint density at radius 1 is 1.03 bits per heavy atom. The SMILES string of the molecule is COc1ccc(COc2ccc(Nc3ccc4ncc(N5CCOCC5)nc4c3C#N)cn2)cc1. The molecule has 9 nitrogen and oxygen atoms in total. The van der Waals surface area contributed by atoms with Crippen LogP contribution in [-0.2, 0) is 11.3 Å². The van der Waals surface area contributed by atoms with Gasteiger partial charge in [-0.15, -0.1) is 0 Å². The third-order valence-electron chi connectivity index (χ3n) is 5.71. The van der Waals surface area contributed by atoms with E-state index in [4.69, 9.17) is 19.2 Å². The van der Waals surface area contributed by atoms with E-state index in [2.05, 4.69) is 26.3 Å². The first kappa shape index (κ1) is 22.4. The normalized spacial score (nSPS) is 13.3. The number of nitrogens with zero attached hydrogens (tertiary/aromatic N) is 5. The maximum absolute atomic E-state index is 9.92. The second-order valence-electron chi connectivity index (χ2n) is 7.94. The van der Waals surface area contributed by atoms with E-state index in [-0.39, 0.29) is 0 Å². The van der Waals surface area contributed by atoms with Gasteiger partial charge in [0.25, 0.3) is 0 Å². The van der Waals surface area contributed by atoms with Crippen LogP contribution in [0, 0.1) is 11.3 Å². The fourth-order valence-corrected chi connectivity index (χ4v) is 3.80. The highest BCUT2D eigenvalue weighted by Gasteiger charge is 2.16. The molecule has 0 atom stereocenters. The van der Waals surface area contributed by atoms with Crippen LogP contribution in [0.2, 0.25) is 0 Å². The Morgan fingerprint density at radius 2 is 1.86 bits per heavy atom. The lowest BCUT2D eigenvalue weighted by Gasteiger charge is -2.27. The summed E-state index contributed by atoms with van der Waals surface area (Å²) in [5, 5.41) is 13.2. The molecule has 0 saturated carbocycles. The lowest BCUT2D eigenvalue weighted by atomic mass is 10.1. The number of nitriles is 1. The highest BCUT2D eigenvalue weighted by Crippen LogP contribution is 2.28. The lowest BCUT2D eigenvalue weighted by molar-refractivity contribution is 0.122. The average Bonchev–Trinajstić information content (AvgIpc) is 2.93. The zero-order valence-corrected chi connectivity index (χ0v) is 19.3. The Morgan fingerprint density at radius 3 is 2.57 bits per heavy atom. The van der Waals surface area contributed by atoms with Crippen LogP contribution in [0.25, 0.3) is 11.0 Å². The molecule has 0 unspecified atom stereocenters. The Hall–Kier alpha value is -4.42. The van der Waals surface area contributed by atoms with E-state index < -0.39 is 0 Å². The number of anilines is 3. The van der Waals surface area contributed by atoms with E-state index in [0.29, 0.717) is 48.0 Å². The predicted octanol–water partition coefficient (Wildman–Crippen LogP) is 4.06. The van der Waals surface area contributed by atoms with Gasteiger partial charge in [-0.25, -0.2) is 9.97 Å². The molecule has 0 radical (unpaired) electrons. The second-order valence-corrected chi connectivity index (χ2v) is 7.94. The molecule has 9 heteroatoms. The van der Waals surface area contributed by atoms with Gasteiger partial charge in [0.05, 0.1) is 49.6 Å². The molecule has 1 N–H and O–H groups in total. The number of aromatic nitrogens is 3. The molecular formula is C26H24N6O3. The smallest absolute Gasteiger partial charge is 0.213 e. The predicted molar refractivity (Wildman–Crippen MR) is 132 cm³/mol. The number of pyridine rings is 1. The number of methoxy groups -OCH3 is 1. The molecule has 0 spiro atoms. The number of morpholine rings is 1. The molecule has 0 bridgehead atoms. The molecule has 0 amide bonds. The molecule has 2 aromatic carbocycles. The monoisotopic (exact) mass is 468 g/mol. The molecular weight excluding hydrogens is 444 g/mol. The quantitative estimate of drug-likeness (QED) is 0.430. The molecule has 5 rings (SSSR count). The first-order valence-corrected chi connectivity index (χ1v) is 11.2. The first-order valence-electron chi connectivity index (χ1n) is 11.2. The van der Waals surface area contributed by atoms with Crippen molar-refractivity contribution in [2.75, 3.05) is 43.6 Å². The fraction of sp³-hybridized carbons (Fsp3) is 0.231. The molecule has 1 saturated heterocycles. The van der Waals surface area contributed by atoms with Crippen molar-refractivity contribution in [1.82, 2.24) is 15.0 Å².